The van der Waals surface area contributed by atoms with E-state index < -0.39 is 29.6 Å². The fourth-order valence-electron chi connectivity index (χ4n) is 7.50. The van der Waals surface area contributed by atoms with Gasteiger partial charge in [-0.25, -0.2) is 0 Å². The number of hydrogen-bond acceptors (Lipinski definition) is 6. The molecule has 222 valence electrons. The van der Waals surface area contributed by atoms with Gasteiger partial charge in [0.2, 0.25) is 17.7 Å². The molecule has 4 aliphatic heterocycles. The molecule has 2 bridgehead atoms. The van der Waals surface area contributed by atoms with Crippen LogP contribution in [0.2, 0.25) is 0 Å². The second-order valence-electron chi connectivity index (χ2n) is 12.6. The molecule has 0 radical (unpaired) electrons. The fraction of sp³-hybridized carbons (Fsp3) is 0.656. The SMILES string of the molecule is CC(C)c1ccc(NC(=O)[C@H]2[C@@H]3C=C[C@]4(O3)[C@@H]2C(=O)N(CCCN2CCOCC2)[C@@H]4C(=O)NC2CCCCC2)cc1. The molecule has 0 unspecified atom stereocenters. The lowest BCUT2D eigenvalue weighted by Gasteiger charge is -2.34. The van der Waals surface area contributed by atoms with Crippen molar-refractivity contribution < 1.29 is 23.9 Å². The first-order chi connectivity index (χ1) is 19.9. The third kappa shape index (κ3) is 5.44. The summed E-state index contributed by atoms with van der Waals surface area (Å²) in [6.45, 7) is 8.73. The average molecular weight is 565 g/mol. The molecular weight excluding hydrogens is 520 g/mol. The van der Waals surface area contributed by atoms with E-state index in [-0.39, 0.29) is 23.8 Å². The Balaban J connectivity index is 1.22. The second kappa shape index (κ2) is 11.9. The molecule has 41 heavy (non-hydrogen) atoms. The maximum Gasteiger partial charge on any atom is 0.246 e. The summed E-state index contributed by atoms with van der Waals surface area (Å²) in [6, 6.07) is 7.18. The van der Waals surface area contributed by atoms with E-state index in [0.29, 0.717) is 18.2 Å². The van der Waals surface area contributed by atoms with Crippen molar-refractivity contribution in [1.29, 1.82) is 0 Å². The highest BCUT2D eigenvalue weighted by Gasteiger charge is 2.72. The highest BCUT2D eigenvalue weighted by Crippen LogP contribution is 2.55. The van der Waals surface area contributed by atoms with E-state index >= 15 is 0 Å². The summed E-state index contributed by atoms with van der Waals surface area (Å²) in [6.07, 6.45) is 9.31. The summed E-state index contributed by atoms with van der Waals surface area (Å²) in [5.41, 5.74) is 0.765. The highest BCUT2D eigenvalue weighted by atomic mass is 16.5. The number of benzene rings is 1. The Kier molecular flexibility index (Phi) is 8.21. The van der Waals surface area contributed by atoms with Gasteiger partial charge in [-0.2, -0.15) is 0 Å². The lowest BCUT2D eigenvalue weighted by molar-refractivity contribution is -0.141. The lowest BCUT2D eigenvalue weighted by atomic mass is 9.74. The number of morpholine rings is 1. The van der Waals surface area contributed by atoms with Crippen molar-refractivity contribution in [2.45, 2.75) is 82.1 Å². The van der Waals surface area contributed by atoms with Gasteiger partial charge >= 0.3 is 0 Å². The Bertz CT molecular complexity index is 1160. The summed E-state index contributed by atoms with van der Waals surface area (Å²) in [5.74, 6) is -1.57. The van der Waals surface area contributed by atoms with Gasteiger partial charge in [-0.05, 0) is 42.9 Å². The van der Waals surface area contributed by atoms with Gasteiger partial charge in [0, 0.05) is 37.9 Å². The molecule has 4 heterocycles. The third-order valence-electron chi connectivity index (χ3n) is 9.70. The molecule has 9 nitrogen and oxygen atoms in total. The average Bonchev–Trinajstić information content (AvgIpc) is 3.62. The van der Waals surface area contributed by atoms with Crippen molar-refractivity contribution in [1.82, 2.24) is 15.1 Å². The van der Waals surface area contributed by atoms with Gasteiger partial charge in [-0.1, -0.05) is 57.4 Å². The zero-order chi connectivity index (χ0) is 28.6. The van der Waals surface area contributed by atoms with Crippen molar-refractivity contribution in [2.75, 3.05) is 44.7 Å². The normalized spacial score (nSPS) is 31.6. The van der Waals surface area contributed by atoms with Gasteiger partial charge in [0.15, 0.2) is 0 Å². The summed E-state index contributed by atoms with van der Waals surface area (Å²) < 4.78 is 12.0. The predicted octanol–water partition coefficient (Wildman–Crippen LogP) is 3.07. The summed E-state index contributed by atoms with van der Waals surface area (Å²) in [5, 5.41) is 6.30. The number of anilines is 1. The number of carbonyl (C=O) groups is 3. The molecule has 5 aliphatic rings. The topological polar surface area (TPSA) is 100 Å². The van der Waals surface area contributed by atoms with Crippen LogP contribution in [0.3, 0.4) is 0 Å². The Morgan fingerprint density at radius 3 is 2.46 bits per heavy atom. The molecule has 1 spiro atoms. The van der Waals surface area contributed by atoms with Crippen LogP contribution in [0.25, 0.3) is 0 Å². The van der Waals surface area contributed by atoms with Crippen LogP contribution in [-0.4, -0.2) is 90.7 Å². The standard InChI is InChI=1S/C32H44N4O5/c1-21(2)22-9-11-24(12-10-22)33-29(37)26-25-13-14-32(41-25)27(26)31(39)36(16-6-15-35-17-19-40-20-18-35)28(32)30(38)34-23-7-4-3-5-8-23/h9-14,21,23,25-28H,3-8,15-20H2,1-2H3,(H,33,37)(H,34,38)/t25-,26-,27-,28+,32-/m0/s1. The van der Waals surface area contributed by atoms with Crippen molar-refractivity contribution >= 4 is 23.4 Å². The van der Waals surface area contributed by atoms with Gasteiger partial charge in [-0.15, -0.1) is 0 Å². The van der Waals surface area contributed by atoms with Crippen molar-refractivity contribution in [3.05, 3.63) is 42.0 Å². The number of hydrogen-bond donors (Lipinski definition) is 2. The first-order valence-electron chi connectivity index (χ1n) is 15.6. The van der Waals surface area contributed by atoms with Gasteiger partial charge in [-0.3, -0.25) is 19.3 Å². The minimum atomic E-state index is -1.12. The number of likely N-dealkylation sites (tertiary alicyclic amines) is 1. The van der Waals surface area contributed by atoms with Gasteiger partial charge in [0.25, 0.3) is 0 Å². The van der Waals surface area contributed by atoms with Crippen LogP contribution < -0.4 is 10.6 Å². The van der Waals surface area contributed by atoms with E-state index in [2.05, 4.69) is 29.4 Å². The van der Waals surface area contributed by atoms with E-state index in [4.69, 9.17) is 9.47 Å². The van der Waals surface area contributed by atoms with Crippen LogP contribution in [0, 0.1) is 11.8 Å². The second-order valence-corrected chi connectivity index (χ2v) is 12.6. The summed E-state index contributed by atoms with van der Waals surface area (Å²) in [7, 11) is 0. The number of ether oxygens (including phenoxy) is 2. The number of fused-ring (bicyclic) bond motifs is 1. The maximum absolute atomic E-state index is 14.2. The monoisotopic (exact) mass is 564 g/mol. The van der Waals surface area contributed by atoms with Crippen molar-refractivity contribution in [2.24, 2.45) is 11.8 Å². The van der Waals surface area contributed by atoms with Crippen LogP contribution in [0.15, 0.2) is 36.4 Å². The van der Waals surface area contributed by atoms with Crippen LogP contribution in [-0.2, 0) is 23.9 Å². The molecule has 6 rings (SSSR count). The van der Waals surface area contributed by atoms with Gasteiger partial charge < -0.3 is 25.0 Å². The molecule has 9 heteroatoms. The Labute approximate surface area is 243 Å². The molecule has 3 amide bonds. The minimum Gasteiger partial charge on any atom is -0.379 e. The third-order valence-corrected chi connectivity index (χ3v) is 9.70. The molecule has 2 N–H and O–H groups in total. The highest BCUT2D eigenvalue weighted by molar-refractivity contribution is 6.02. The predicted molar refractivity (Wildman–Crippen MR) is 155 cm³/mol. The van der Waals surface area contributed by atoms with Crippen LogP contribution >= 0.6 is 0 Å². The maximum atomic E-state index is 14.2. The number of nitrogens with zero attached hydrogens (tertiary/aromatic N) is 2. The van der Waals surface area contributed by atoms with E-state index in [1.165, 1.54) is 12.0 Å². The van der Waals surface area contributed by atoms with Crippen LogP contribution in [0.1, 0.15) is 63.9 Å². The smallest absolute Gasteiger partial charge is 0.246 e. The first-order valence-corrected chi connectivity index (χ1v) is 15.6. The summed E-state index contributed by atoms with van der Waals surface area (Å²) in [4.78, 5) is 45.9. The quantitative estimate of drug-likeness (QED) is 0.448. The summed E-state index contributed by atoms with van der Waals surface area (Å²) >= 11 is 0. The Hall–Kier alpha value is -2.75. The van der Waals surface area contributed by atoms with Crippen LogP contribution in [0.4, 0.5) is 5.69 Å². The molecule has 0 aromatic heterocycles. The zero-order valence-electron chi connectivity index (χ0n) is 24.3. The van der Waals surface area contributed by atoms with Crippen molar-refractivity contribution in [3.8, 4) is 0 Å². The largest absolute Gasteiger partial charge is 0.379 e. The van der Waals surface area contributed by atoms with Crippen LogP contribution in [0.5, 0.6) is 0 Å². The molecule has 1 aliphatic carbocycles. The molecule has 4 fully saturated rings. The zero-order valence-corrected chi connectivity index (χ0v) is 24.3. The fourth-order valence-corrected chi connectivity index (χ4v) is 7.50. The number of rotatable bonds is 9. The molecule has 1 aromatic rings. The Morgan fingerprint density at radius 1 is 1.02 bits per heavy atom. The van der Waals surface area contributed by atoms with Crippen molar-refractivity contribution in [3.63, 3.8) is 0 Å². The Morgan fingerprint density at radius 2 is 1.76 bits per heavy atom. The molecule has 5 atom stereocenters. The first kappa shape index (κ1) is 28.4. The number of nitrogens with one attached hydrogen (secondary N) is 2. The minimum absolute atomic E-state index is 0.118. The van der Waals surface area contributed by atoms with E-state index in [9.17, 15) is 14.4 Å². The molecule has 1 saturated carbocycles. The van der Waals surface area contributed by atoms with E-state index in [1.807, 2.05) is 36.4 Å². The molecular formula is C32H44N4O5. The van der Waals surface area contributed by atoms with Gasteiger partial charge in [0.1, 0.15) is 11.6 Å². The number of carbonyl (C=O) groups excluding carboxylic acids is 3. The lowest BCUT2D eigenvalue weighted by Crippen LogP contribution is -2.56. The number of amides is 3. The van der Waals surface area contributed by atoms with Gasteiger partial charge in [0.05, 0.1) is 31.2 Å². The molecule has 3 saturated heterocycles. The van der Waals surface area contributed by atoms with E-state index in [0.717, 1.165) is 65.0 Å². The van der Waals surface area contributed by atoms with E-state index in [1.54, 1.807) is 4.90 Å². The molecule has 1 aromatic carbocycles.